The lowest BCUT2D eigenvalue weighted by Crippen LogP contribution is -2.50. The smallest absolute Gasteiger partial charge is 0.243 e. The molecule has 2 aromatic carbocycles. The molecule has 5 nitrogen and oxygen atoms in total. The Morgan fingerprint density at radius 2 is 1.54 bits per heavy atom. The van der Waals surface area contributed by atoms with E-state index in [9.17, 15) is 13.5 Å². The molecule has 0 saturated heterocycles. The van der Waals surface area contributed by atoms with Crippen LogP contribution < -0.4 is 5.73 Å². The van der Waals surface area contributed by atoms with Crippen LogP contribution in [-0.4, -0.2) is 42.6 Å². The molecule has 0 aliphatic heterocycles. The van der Waals surface area contributed by atoms with Crippen molar-refractivity contribution in [3.05, 3.63) is 66.2 Å². The zero-order chi connectivity index (χ0) is 20.0. The molecule has 0 aromatic heterocycles. The molecule has 0 radical (unpaired) electrons. The maximum absolute atomic E-state index is 13.3. The highest BCUT2D eigenvalue weighted by molar-refractivity contribution is 7.89. The summed E-state index contributed by atoms with van der Waals surface area (Å²) in [5, 5.41) is 10.8. The maximum Gasteiger partial charge on any atom is 0.243 e. The lowest BCUT2D eigenvalue weighted by atomic mass is 9.95. The third-order valence-corrected chi connectivity index (χ3v) is 7.44. The van der Waals surface area contributed by atoms with E-state index in [1.54, 1.807) is 30.3 Å². The van der Waals surface area contributed by atoms with Crippen molar-refractivity contribution in [3.63, 3.8) is 0 Å². The molecule has 2 aromatic rings. The molecule has 0 amide bonds. The van der Waals surface area contributed by atoms with Gasteiger partial charge in [-0.1, -0.05) is 67.8 Å². The summed E-state index contributed by atoms with van der Waals surface area (Å²) in [7, 11) is -3.68. The normalized spacial score (nSPS) is 18.1. The molecular weight excluding hydrogens is 372 g/mol. The van der Waals surface area contributed by atoms with Crippen LogP contribution >= 0.6 is 0 Å². The number of nitrogens with two attached hydrogens (primary N) is 1. The fourth-order valence-corrected chi connectivity index (χ4v) is 5.61. The van der Waals surface area contributed by atoms with Crippen molar-refractivity contribution in [1.82, 2.24) is 4.31 Å². The second kappa shape index (κ2) is 9.65. The van der Waals surface area contributed by atoms with Crippen molar-refractivity contribution >= 4 is 10.0 Å². The summed E-state index contributed by atoms with van der Waals surface area (Å²) in [6.45, 7) is 0.0237. The molecule has 3 rings (SSSR count). The molecule has 152 valence electrons. The first-order chi connectivity index (χ1) is 13.5. The monoisotopic (exact) mass is 402 g/mol. The van der Waals surface area contributed by atoms with Crippen molar-refractivity contribution in [2.24, 2.45) is 5.73 Å². The van der Waals surface area contributed by atoms with Crippen molar-refractivity contribution in [3.8, 4) is 0 Å². The topological polar surface area (TPSA) is 83.6 Å². The highest BCUT2D eigenvalue weighted by Gasteiger charge is 2.34. The van der Waals surface area contributed by atoms with Crippen molar-refractivity contribution in [1.29, 1.82) is 0 Å². The van der Waals surface area contributed by atoms with Gasteiger partial charge in [-0.2, -0.15) is 4.31 Å². The highest BCUT2D eigenvalue weighted by atomic mass is 32.2. The first kappa shape index (κ1) is 21.0. The van der Waals surface area contributed by atoms with Gasteiger partial charge >= 0.3 is 0 Å². The maximum atomic E-state index is 13.3. The minimum Gasteiger partial charge on any atom is -0.390 e. The number of aliphatic hydroxyl groups is 1. The lowest BCUT2D eigenvalue weighted by Gasteiger charge is -2.35. The quantitative estimate of drug-likeness (QED) is 0.711. The summed E-state index contributed by atoms with van der Waals surface area (Å²) < 4.78 is 28.1. The number of rotatable bonds is 8. The van der Waals surface area contributed by atoms with Crippen LogP contribution in [0.5, 0.6) is 0 Å². The number of aliphatic hydroxyl groups excluding tert-OH is 1. The van der Waals surface area contributed by atoms with E-state index in [0.717, 1.165) is 37.7 Å². The fourth-order valence-electron chi connectivity index (χ4n) is 3.88. The highest BCUT2D eigenvalue weighted by Crippen LogP contribution is 2.28. The van der Waals surface area contributed by atoms with Crippen LogP contribution in [0.2, 0.25) is 0 Å². The van der Waals surface area contributed by atoms with E-state index in [2.05, 4.69) is 0 Å². The van der Waals surface area contributed by atoms with Gasteiger partial charge in [0, 0.05) is 18.6 Å². The Labute approximate surface area is 168 Å². The van der Waals surface area contributed by atoms with Crippen LogP contribution in [0.25, 0.3) is 0 Å². The average molecular weight is 403 g/mol. The molecule has 1 aliphatic carbocycles. The Bertz CT molecular complexity index is 821. The van der Waals surface area contributed by atoms with Gasteiger partial charge in [0.15, 0.2) is 0 Å². The van der Waals surface area contributed by atoms with Crippen LogP contribution in [0.15, 0.2) is 65.6 Å². The van der Waals surface area contributed by atoms with Crippen LogP contribution in [0, 0.1) is 0 Å². The lowest BCUT2D eigenvalue weighted by molar-refractivity contribution is 0.100. The minimum absolute atomic E-state index is 0.0237. The Morgan fingerprint density at radius 1 is 0.964 bits per heavy atom. The molecule has 0 bridgehead atoms. The van der Waals surface area contributed by atoms with E-state index in [-0.39, 0.29) is 17.5 Å². The molecule has 3 N–H and O–H groups in total. The summed E-state index contributed by atoms with van der Waals surface area (Å²) in [6.07, 6.45) is 4.38. The summed E-state index contributed by atoms with van der Waals surface area (Å²) >= 11 is 0. The van der Waals surface area contributed by atoms with Crippen LogP contribution in [0.4, 0.5) is 0 Å². The van der Waals surface area contributed by atoms with E-state index >= 15 is 0 Å². The van der Waals surface area contributed by atoms with E-state index < -0.39 is 22.2 Å². The predicted molar refractivity (Wildman–Crippen MR) is 111 cm³/mol. The van der Waals surface area contributed by atoms with Gasteiger partial charge in [0.2, 0.25) is 10.0 Å². The average Bonchev–Trinajstić information content (AvgIpc) is 2.73. The summed E-state index contributed by atoms with van der Waals surface area (Å²) in [5.74, 6) is 0. The van der Waals surface area contributed by atoms with Crippen molar-refractivity contribution < 1.29 is 13.5 Å². The Kier molecular flexibility index (Phi) is 7.24. The summed E-state index contributed by atoms with van der Waals surface area (Å²) in [6, 6.07) is 17.6. The van der Waals surface area contributed by atoms with Crippen molar-refractivity contribution in [2.75, 3.05) is 6.54 Å². The first-order valence-corrected chi connectivity index (χ1v) is 11.5. The molecule has 1 fully saturated rings. The molecule has 1 saturated carbocycles. The molecule has 0 heterocycles. The Morgan fingerprint density at radius 3 is 2.14 bits per heavy atom. The van der Waals surface area contributed by atoms with E-state index in [1.165, 1.54) is 4.31 Å². The molecular formula is C22H30N2O3S. The van der Waals surface area contributed by atoms with E-state index in [4.69, 9.17) is 5.73 Å². The number of hydrogen-bond acceptors (Lipinski definition) is 4. The second-order valence-corrected chi connectivity index (χ2v) is 9.49. The third kappa shape index (κ3) is 5.20. The Hall–Kier alpha value is -1.73. The molecule has 0 unspecified atom stereocenters. The molecule has 0 spiro atoms. The van der Waals surface area contributed by atoms with Gasteiger partial charge in [-0.25, -0.2) is 8.42 Å². The number of sulfonamides is 1. The number of hydrogen-bond donors (Lipinski definition) is 2. The molecule has 28 heavy (non-hydrogen) atoms. The van der Waals surface area contributed by atoms with Crippen molar-refractivity contribution in [2.45, 2.75) is 61.6 Å². The van der Waals surface area contributed by atoms with Gasteiger partial charge in [0.1, 0.15) is 0 Å². The predicted octanol–water partition coefficient (Wildman–Crippen LogP) is 2.94. The number of benzene rings is 2. The molecule has 2 atom stereocenters. The zero-order valence-electron chi connectivity index (χ0n) is 16.2. The zero-order valence-corrected chi connectivity index (χ0v) is 17.0. The largest absolute Gasteiger partial charge is 0.390 e. The fraction of sp³-hybridized carbons (Fsp3) is 0.455. The van der Waals surface area contributed by atoms with Gasteiger partial charge in [-0.05, 0) is 37.0 Å². The molecule has 6 heteroatoms. The summed E-state index contributed by atoms with van der Waals surface area (Å²) in [4.78, 5) is 0.268. The van der Waals surface area contributed by atoms with Gasteiger partial charge in [-0.3, -0.25) is 0 Å². The van der Waals surface area contributed by atoms with Crippen LogP contribution in [0.3, 0.4) is 0 Å². The van der Waals surface area contributed by atoms with Crippen LogP contribution in [-0.2, 0) is 16.4 Å². The van der Waals surface area contributed by atoms with Crippen LogP contribution in [0.1, 0.15) is 37.7 Å². The van der Waals surface area contributed by atoms with Gasteiger partial charge < -0.3 is 10.8 Å². The number of nitrogens with zero attached hydrogens (tertiary/aromatic N) is 1. The first-order valence-electron chi connectivity index (χ1n) is 10.0. The Balaban J connectivity index is 1.79. The van der Waals surface area contributed by atoms with Gasteiger partial charge in [0.05, 0.1) is 11.0 Å². The summed E-state index contributed by atoms with van der Waals surface area (Å²) in [5.41, 5.74) is 7.27. The van der Waals surface area contributed by atoms with Gasteiger partial charge in [-0.15, -0.1) is 0 Å². The minimum atomic E-state index is -3.68. The molecule has 1 aliphatic rings. The third-order valence-electron chi connectivity index (χ3n) is 5.51. The van der Waals surface area contributed by atoms with E-state index in [0.29, 0.717) is 6.42 Å². The van der Waals surface area contributed by atoms with E-state index in [1.807, 2.05) is 30.3 Å². The van der Waals surface area contributed by atoms with Gasteiger partial charge in [0.25, 0.3) is 0 Å². The standard InChI is InChI=1S/C22H30N2O3S/c23-21(16-18-10-4-1-5-11-18)22(25)17-24(19-12-6-2-7-13-19)28(26,27)20-14-8-3-9-15-20/h1,3-5,8-11,14-15,19,21-22,25H,2,6-7,12-13,16-17,23H2/t21-,22+/m0/s1. The second-order valence-electron chi connectivity index (χ2n) is 7.60. The SMILES string of the molecule is N[C@@H](Cc1ccccc1)[C@H](O)CN(C1CCCCC1)S(=O)(=O)c1ccccc1.